The van der Waals surface area contributed by atoms with Crippen molar-refractivity contribution in [3.8, 4) is 5.75 Å². The first-order chi connectivity index (χ1) is 14.7. The van der Waals surface area contributed by atoms with Crippen molar-refractivity contribution in [2.45, 2.75) is 18.4 Å². The third-order valence-electron chi connectivity index (χ3n) is 7.03. The highest BCUT2D eigenvalue weighted by molar-refractivity contribution is 6.12. The van der Waals surface area contributed by atoms with E-state index in [-0.39, 0.29) is 5.78 Å². The Morgan fingerprint density at radius 1 is 1.23 bits per heavy atom. The van der Waals surface area contributed by atoms with Crippen LogP contribution in [0.5, 0.6) is 5.75 Å². The van der Waals surface area contributed by atoms with Crippen LogP contribution in [-0.2, 0) is 5.54 Å². The molecule has 0 amide bonds. The van der Waals surface area contributed by atoms with Crippen LogP contribution in [0.4, 0.5) is 0 Å². The van der Waals surface area contributed by atoms with E-state index in [0.717, 1.165) is 48.1 Å². The van der Waals surface area contributed by atoms with Crippen molar-refractivity contribution in [1.82, 2.24) is 9.88 Å². The van der Waals surface area contributed by atoms with Gasteiger partial charge < -0.3 is 4.74 Å². The molecule has 6 rings (SSSR count). The van der Waals surface area contributed by atoms with Crippen LogP contribution in [0.1, 0.15) is 28.8 Å². The quantitative estimate of drug-likeness (QED) is 0.455. The van der Waals surface area contributed by atoms with Crippen molar-refractivity contribution >= 4 is 16.7 Å². The van der Waals surface area contributed by atoms with Crippen LogP contribution in [-0.4, -0.2) is 35.9 Å². The van der Waals surface area contributed by atoms with Gasteiger partial charge in [-0.05, 0) is 61.1 Å². The molecular formula is C26H26N2O2. The second kappa shape index (κ2) is 7.37. The van der Waals surface area contributed by atoms with Crippen LogP contribution in [0, 0.1) is 11.8 Å². The average molecular weight is 399 g/mol. The maximum Gasteiger partial charge on any atom is 0.188 e. The molecule has 0 N–H and O–H groups in total. The van der Waals surface area contributed by atoms with Crippen molar-refractivity contribution in [2.75, 3.05) is 20.2 Å². The Bertz CT molecular complexity index is 1110. The van der Waals surface area contributed by atoms with Gasteiger partial charge in [0.2, 0.25) is 0 Å². The topological polar surface area (TPSA) is 42.4 Å². The number of methoxy groups -OCH3 is 1. The largest absolute Gasteiger partial charge is 0.497 e. The SMILES string of the molecule is C=C[C@H]1CN2CC[C@H]1C[C@]2(C(=O)c1ccnc2ccc(OC)cc12)c1ccccc1. The van der Waals surface area contributed by atoms with Gasteiger partial charge in [0.1, 0.15) is 11.3 Å². The number of hydrogen-bond acceptors (Lipinski definition) is 4. The van der Waals surface area contributed by atoms with E-state index in [1.807, 2.05) is 42.5 Å². The molecule has 0 aliphatic carbocycles. The van der Waals surface area contributed by atoms with E-state index >= 15 is 0 Å². The van der Waals surface area contributed by atoms with Gasteiger partial charge >= 0.3 is 0 Å². The Labute approximate surface area is 177 Å². The van der Waals surface area contributed by atoms with Gasteiger partial charge in [0.15, 0.2) is 5.78 Å². The average Bonchev–Trinajstić information content (AvgIpc) is 2.83. The van der Waals surface area contributed by atoms with Gasteiger partial charge in [0, 0.05) is 23.7 Å². The minimum absolute atomic E-state index is 0.154. The number of carbonyl (C=O) groups is 1. The summed E-state index contributed by atoms with van der Waals surface area (Å²) in [5.74, 6) is 1.80. The lowest BCUT2D eigenvalue weighted by Gasteiger charge is -2.56. The molecule has 3 aliphatic heterocycles. The van der Waals surface area contributed by atoms with Crippen LogP contribution in [0.3, 0.4) is 0 Å². The Morgan fingerprint density at radius 2 is 2.07 bits per heavy atom. The number of piperidine rings is 3. The van der Waals surface area contributed by atoms with Crippen LogP contribution in [0.15, 0.2) is 73.4 Å². The summed E-state index contributed by atoms with van der Waals surface area (Å²) in [6, 6.07) is 17.9. The maximum atomic E-state index is 14.4. The van der Waals surface area contributed by atoms with Crippen molar-refractivity contribution in [2.24, 2.45) is 11.8 Å². The normalized spacial score (nSPS) is 27.7. The fourth-order valence-electron chi connectivity index (χ4n) is 5.46. The first kappa shape index (κ1) is 19.0. The second-order valence-electron chi connectivity index (χ2n) is 8.40. The van der Waals surface area contributed by atoms with Crippen molar-refractivity contribution in [1.29, 1.82) is 0 Å². The number of benzene rings is 2. The van der Waals surface area contributed by atoms with Crippen LogP contribution >= 0.6 is 0 Å². The third kappa shape index (κ3) is 2.78. The molecule has 3 fully saturated rings. The first-order valence-corrected chi connectivity index (χ1v) is 10.6. The fourth-order valence-corrected chi connectivity index (χ4v) is 5.46. The van der Waals surface area contributed by atoms with Crippen LogP contribution in [0.25, 0.3) is 10.9 Å². The molecule has 0 saturated carbocycles. The minimum Gasteiger partial charge on any atom is -0.497 e. The molecule has 4 heterocycles. The predicted octanol–water partition coefficient (Wildman–Crippen LogP) is 4.85. The Morgan fingerprint density at radius 3 is 2.77 bits per heavy atom. The van der Waals surface area contributed by atoms with Gasteiger partial charge in [0.05, 0.1) is 12.6 Å². The maximum absolute atomic E-state index is 14.4. The molecule has 3 aliphatic rings. The number of nitrogens with zero attached hydrogens (tertiary/aromatic N) is 2. The lowest BCUT2D eigenvalue weighted by atomic mass is 9.64. The molecular weight excluding hydrogens is 372 g/mol. The van der Waals surface area contributed by atoms with E-state index < -0.39 is 5.54 Å². The summed E-state index contributed by atoms with van der Waals surface area (Å²) in [6.07, 6.45) is 5.75. The van der Waals surface area contributed by atoms with Gasteiger partial charge in [-0.25, -0.2) is 0 Å². The summed E-state index contributed by atoms with van der Waals surface area (Å²) < 4.78 is 5.43. The van der Waals surface area contributed by atoms with E-state index in [0.29, 0.717) is 17.4 Å². The van der Waals surface area contributed by atoms with Crippen molar-refractivity contribution in [3.63, 3.8) is 0 Å². The molecule has 2 bridgehead atoms. The van der Waals surface area contributed by atoms with E-state index in [1.54, 1.807) is 13.3 Å². The molecule has 152 valence electrons. The number of Topliss-reactive ketones (excluding diaryl/α,β-unsaturated/α-hetero) is 1. The molecule has 0 radical (unpaired) electrons. The Balaban J connectivity index is 1.70. The zero-order chi connectivity index (χ0) is 20.7. The molecule has 1 unspecified atom stereocenters. The van der Waals surface area contributed by atoms with E-state index in [1.165, 1.54) is 0 Å². The number of carbonyl (C=O) groups excluding carboxylic acids is 1. The van der Waals surface area contributed by atoms with Gasteiger partial charge in [-0.1, -0.05) is 36.4 Å². The summed E-state index contributed by atoms with van der Waals surface area (Å²) in [7, 11) is 1.64. The van der Waals surface area contributed by atoms with Crippen molar-refractivity contribution < 1.29 is 9.53 Å². The van der Waals surface area contributed by atoms with Crippen LogP contribution in [0.2, 0.25) is 0 Å². The minimum atomic E-state index is -0.652. The molecule has 3 saturated heterocycles. The highest BCUT2D eigenvalue weighted by atomic mass is 16.5. The highest BCUT2D eigenvalue weighted by Gasteiger charge is 2.54. The van der Waals surface area contributed by atoms with E-state index in [2.05, 4.69) is 34.7 Å². The Hall–Kier alpha value is -2.98. The molecule has 4 atom stereocenters. The number of ether oxygens (including phenoxy) is 1. The van der Waals surface area contributed by atoms with Gasteiger partial charge in [-0.3, -0.25) is 14.7 Å². The van der Waals surface area contributed by atoms with Gasteiger partial charge in [-0.2, -0.15) is 0 Å². The summed E-state index contributed by atoms with van der Waals surface area (Å²) in [6.45, 7) is 5.86. The fraction of sp³-hybridized carbons (Fsp3) is 0.308. The third-order valence-corrected chi connectivity index (χ3v) is 7.03. The van der Waals surface area contributed by atoms with Gasteiger partial charge in [-0.15, -0.1) is 6.58 Å². The number of aromatic nitrogens is 1. The number of ketones is 1. The zero-order valence-electron chi connectivity index (χ0n) is 17.3. The van der Waals surface area contributed by atoms with E-state index in [9.17, 15) is 4.79 Å². The number of pyridine rings is 1. The molecule has 4 nitrogen and oxygen atoms in total. The summed E-state index contributed by atoms with van der Waals surface area (Å²) in [4.78, 5) is 21.3. The number of hydrogen-bond donors (Lipinski definition) is 0. The van der Waals surface area contributed by atoms with Crippen molar-refractivity contribution in [3.05, 3.63) is 84.6 Å². The van der Waals surface area contributed by atoms with Gasteiger partial charge in [0.25, 0.3) is 0 Å². The number of fused-ring (bicyclic) bond motifs is 4. The summed E-state index contributed by atoms with van der Waals surface area (Å²) in [5.41, 5.74) is 1.95. The standard InChI is InChI=1S/C26H26N2O2/c1-3-18-17-28-14-12-19(18)16-26(28,20-7-5-4-6-8-20)25(29)22-11-13-27-24-10-9-21(30-2)15-23(22)24/h3-11,13,15,18-19H,1,12,14,16-17H2,2H3/t18-,19-,26+/m0/s1. The highest BCUT2D eigenvalue weighted by Crippen LogP contribution is 2.50. The zero-order valence-corrected chi connectivity index (χ0v) is 17.3. The predicted molar refractivity (Wildman–Crippen MR) is 119 cm³/mol. The smallest absolute Gasteiger partial charge is 0.188 e. The lowest BCUT2D eigenvalue weighted by Crippen LogP contribution is -2.63. The Kier molecular flexibility index (Phi) is 4.67. The summed E-state index contributed by atoms with van der Waals surface area (Å²) >= 11 is 0. The monoisotopic (exact) mass is 398 g/mol. The molecule has 4 heteroatoms. The van der Waals surface area contributed by atoms with Crippen LogP contribution < -0.4 is 4.74 Å². The molecule has 1 aromatic heterocycles. The first-order valence-electron chi connectivity index (χ1n) is 10.6. The second-order valence-corrected chi connectivity index (χ2v) is 8.40. The lowest BCUT2D eigenvalue weighted by molar-refractivity contribution is -0.0387. The number of rotatable bonds is 5. The summed E-state index contributed by atoms with van der Waals surface area (Å²) in [5, 5.41) is 0.847. The molecule has 2 aromatic carbocycles. The van der Waals surface area contributed by atoms with E-state index in [4.69, 9.17) is 4.74 Å². The molecule has 30 heavy (non-hydrogen) atoms. The molecule has 0 spiro atoms. The molecule has 3 aromatic rings.